The Balaban J connectivity index is 1.81. The van der Waals surface area contributed by atoms with E-state index in [1.807, 2.05) is 0 Å². The summed E-state index contributed by atoms with van der Waals surface area (Å²) in [6, 6.07) is 5.38. The molecule has 192 valence electrons. The van der Waals surface area contributed by atoms with Crippen molar-refractivity contribution in [3.63, 3.8) is 0 Å². The number of aromatic nitrogens is 2. The second-order valence-corrected chi connectivity index (χ2v) is 10.3. The van der Waals surface area contributed by atoms with Gasteiger partial charge in [-0.1, -0.05) is 19.1 Å². The number of aryl methyl sites for hydroxylation is 1. The van der Waals surface area contributed by atoms with Gasteiger partial charge in [-0.25, -0.2) is 18.5 Å². The maximum absolute atomic E-state index is 14.0. The van der Waals surface area contributed by atoms with Crippen molar-refractivity contribution in [2.24, 2.45) is 12.0 Å². The van der Waals surface area contributed by atoms with Gasteiger partial charge in [0.1, 0.15) is 5.84 Å². The zero-order valence-electron chi connectivity index (χ0n) is 20.5. The fourth-order valence-corrected chi connectivity index (χ4v) is 6.34. The van der Waals surface area contributed by atoms with E-state index in [0.29, 0.717) is 11.4 Å². The smallest absolute Gasteiger partial charge is 0.335 e. The number of amidine groups is 1. The first kappa shape index (κ1) is 25.5. The highest BCUT2D eigenvalue weighted by molar-refractivity contribution is 7.92. The number of sulfone groups is 1. The molecule has 0 saturated carbocycles. The molecule has 36 heavy (non-hydrogen) atoms. The average molecular weight is 517 g/mol. The van der Waals surface area contributed by atoms with Crippen molar-refractivity contribution < 1.29 is 27.6 Å². The van der Waals surface area contributed by atoms with Gasteiger partial charge in [0.05, 0.1) is 35.6 Å². The van der Waals surface area contributed by atoms with Crippen LogP contribution in [0.25, 0.3) is 0 Å². The summed E-state index contributed by atoms with van der Waals surface area (Å²) in [7, 11) is -2.51. The number of aliphatic imine (C=N–C) groups is 1. The Morgan fingerprint density at radius 2 is 1.89 bits per heavy atom. The maximum atomic E-state index is 14.0. The lowest BCUT2D eigenvalue weighted by atomic mass is 10.0. The summed E-state index contributed by atoms with van der Waals surface area (Å²) in [4.78, 5) is 48.6. The number of Topliss-reactive ketones (excluding diaryl/α,β-unsaturated/α-hetero) is 1. The molecule has 2 atom stereocenters. The number of carbonyl (C=O) groups is 3. The molecule has 2 aliphatic heterocycles. The van der Waals surface area contributed by atoms with E-state index in [-0.39, 0.29) is 48.2 Å². The molecule has 2 aromatic rings. The van der Waals surface area contributed by atoms with E-state index < -0.39 is 33.1 Å². The standard InChI is InChI=1S/C23H28N6O6S/c1-5-16(30)19-20-15(12-24-27(20)4)25-21(26-19)14-10-8-9-11-17(14)36(33,34)18-13-29(35-7-3)23(32)22(31)28(18)6-2/h8-12,18-19H,5-7,13H2,1-4H3,(H,25,26). The number of likely N-dealkylation sites (N-methyl/N-ethyl adjacent to an activating group) is 1. The van der Waals surface area contributed by atoms with Crippen LogP contribution < -0.4 is 5.32 Å². The van der Waals surface area contributed by atoms with Gasteiger partial charge in [0, 0.05) is 25.6 Å². The molecule has 0 spiro atoms. The molecular formula is C23H28N6O6S. The molecule has 2 unspecified atom stereocenters. The molecule has 1 saturated heterocycles. The lowest BCUT2D eigenvalue weighted by Crippen LogP contribution is -2.61. The van der Waals surface area contributed by atoms with E-state index in [1.54, 1.807) is 56.9 Å². The maximum Gasteiger partial charge on any atom is 0.335 e. The van der Waals surface area contributed by atoms with Crippen LogP contribution in [-0.4, -0.2) is 76.7 Å². The Bertz CT molecular complexity index is 1350. The minimum Gasteiger partial charge on any atom is -0.337 e. The fraction of sp³-hybridized carbons (Fsp3) is 0.435. The van der Waals surface area contributed by atoms with E-state index in [9.17, 15) is 22.8 Å². The molecule has 0 aliphatic carbocycles. The molecule has 0 radical (unpaired) electrons. The molecule has 3 heterocycles. The van der Waals surface area contributed by atoms with Gasteiger partial charge in [-0.05, 0) is 26.0 Å². The summed E-state index contributed by atoms with van der Waals surface area (Å²) >= 11 is 0. The largest absolute Gasteiger partial charge is 0.337 e. The molecule has 1 fully saturated rings. The third-order valence-corrected chi connectivity index (χ3v) is 8.27. The number of nitrogens with one attached hydrogen (secondary N) is 1. The summed E-state index contributed by atoms with van der Waals surface area (Å²) in [6.07, 6.45) is 1.80. The van der Waals surface area contributed by atoms with Gasteiger partial charge in [0.2, 0.25) is 9.84 Å². The van der Waals surface area contributed by atoms with Crippen molar-refractivity contribution in [2.75, 3.05) is 25.0 Å². The van der Waals surface area contributed by atoms with Crippen molar-refractivity contribution >= 4 is 39.0 Å². The average Bonchev–Trinajstić information content (AvgIpc) is 3.26. The first-order chi connectivity index (χ1) is 17.1. The Morgan fingerprint density at radius 1 is 1.17 bits per heavy atom. The van der Waals surface area contributed by atoms with Gasteiger partial charge < -0.3 is 10.2 Å². The van der Waals surface area contributed by atoms with Crippen LogP contribution in [0.2, 0.25) is 0 Å². The number of piperazine rings is 1. The number of hydrogen-bond donors (Lipinski definition) is 1. The third-order valence-electron chi connectivity index (χ3n) is 6.18. The molecule has 4 rings (SSSR count). The van der Waals surface area contributed by atoms with Crippen molar-refractivity contribution in [3.05, 3.63) is 41.7 Å². The van der Waals surface area contributed by atoms with E-state index in [2.05, 4.69) is 15.4 Å². The van der Waals surface area contributed by atoms with Crippen LogP contribution in [0.15, 0.2) is 40.4 Å². The lowest BCUT2D eigenvalue weighted by molar-refractivity contribution is -0.199. The van der Waals surface area contributed by atoms with E-state index in [1.165, 1.54) is 6.07 Å². The van der Waals surface area contributed by atoms with Crippen molar-refractivity contribution in [2.45, 2.75) is 43.5 Å². The highest BCUT2D eigenvalue weighted by Gasteiger charge is 2.46. The minimum absolute atomic E-state index is 0.0158. The molecule has 13 heteroatoms. The van der Waals surface area contributed by atoms with Crippen LogP contribution in [0.1, 0.15) is 44.5 Å². The molecule has 1 aromatic carbocycles. The van der Waals surface area contributed by atoms with Gasteiger partial charge in [-0.15, -0.1) is 0 Å². The van der Waals surface area contributed by atoms with E-state index in [0.717, 1.165) is 9.96 Å². The number of benzene rings is 1. The lowest BCUT2D eigenvalue weighted by Gasteiger charge is -2.38. The third kappa shape index (κ3) is 4.17. The monoisotopic (exact) mass is 516 g/mol. The predicted octanol–water partition coefficient (Wildman–Crippen LogP) is 1.05. The summed E-state index contributed by atoms with van der Waals surface area (Å²) in [5.41, 5.74) is 1.38. The summed E-state index contributed by atoms with van der Waals surface area (Å²) in [5, 5.41) is 6.75. The SMILES string of the molecule is CCON1CC(S(=O)(=O)c2ccccc2C2=NC(C(=O)CC)c3c(cnn3C)N2)N(CC)C(=O)C1=O. The Labute approximate surface area is 208 Å². The number of ketones is 1. The summed E-state index contributed by atoms with van der Waals surface area (Å²) in [6.45, 7) is 4.74. The fourth-order valence-electron chi connectivity index (χ4n) is 4.39. The number of nitrogens with zero attached hydrogens (tertiary/aromatic N) is 5. The quantitative estimate of drug-likeness (QED) is 0.513. The number of amides is 2. The van der Waals surface area contributed by atoms with Gasteiger partial charge >= 0.3 is 11.8 Å². The van der Waals surface area contributed by atoms with Crippen LogP contribution in [-0.2, 0) is 36.1 Å². The number of hydroxylamine groups is 2. The second-order valence-electron chi connectivity index (χ2n) is 8.26. The number of carbonyl (C=O) groups excluding carboxylic acids is 3. The van der Waals surface area contributed by atoms with Crippen molar-refractivity contribution in [3.8, 4) is 0 Å². The minimum atomic E-state index is -4.22. The van der Waals surface area contributed by atoms with Crippen LogP contribution in [0, 0.1) is 0 Å². The Hall–Kier alpha value is -3.58. The zero-order valence-corrected chi connectivity index (χ0v) is 21.3. The van der Waals surface area contributed by atoms with E-state index in [4.69, 9.17) is 4.84 Å². The molecule has 2 amide bonds. The zero-order chi connectivity index (χ0) is 26.2. The van der Waals surface area contributed by atoms with Crippen molar-refractivity contribution in [1.82, 2.24) is 19.7 Å². The molecule has 0 bridgehead atoms. The number of hydrogen-bond acceptors (Lipinski definition) is 9. The highest BCUT2D eigenvalue weighted by atomic mass is 32.2. The van der Waals surface area contributed by atoms with Gasteiger partial charge in [0.15, 0.2) is 17.2 Å². The summed E-state index contributed by atoms with van der Waals surface area (Å²) < 4.78 is 29.5. The predicted molar refractivity (Wildman–Crippen MR) is 130 cm³/mol. The molecule has 2 aliphatic rings. The van der Waals surface area contributed by atoms with Crippen LogP contribution in [0.5, 0.6) is 0 Å². The highest BCUT2D eigenvalue weighted by Crippen LogP contribution is 2.34. The Kier molecular flexibility index (Phi) is 6.96. The summed E-state index contributed by atoms with van der Waals surface area (Å²) in [5.74, 6) is -1.81. The number of fused-ring (bicyclic) bond motifs is 1. The normalized spacial score (nSPS) is 20.2. The molecular weight excluding hydrogens is 488 g/mol. The number of anilines is 1. The van der Waals surface area contributed by atoms with Crippen LogP contribution >= 0.6 is 0 Å². The van der Waals surface area contributed by atoms with Gasteiger partial charge in [0.25, 0.3) is 0 Å². The molecule has 12 nitrogen and oxygen atoms in total. The van der Waals surface area contributed by atoms with E-state index >= 15 is 0 Å². The van der Waals surface area contributed by atoms with Crippen LogP contribution in [0.4, 0.5) is 5.69 Å². The first-order valence-electron chi connectivity index (χ1n) is 11.6. The number of rotatable bonds is 8. The van der Waals surface area contributed by atoms with Crippen LogP contribution in [0.3, 0.4) is 0 Å². The topological polar surface area (TPSA) is 143 Å². The first-order valence-corrected chi connectivity index (χ1v) is 13.2. The molecule has 1 N–H and O–H groups in total. The van der Waals surface area contributed by atoms with Gasteiger partial charge in [-0.2, -0.15) is 5.10 Å². The van der Waals surface area contributed by atoms with Crippen molar-refractivity contribution in [1.29, 1.82) is 0 Å². The second kappa shape index (κ2) is 9.82. The Morgan fingerprint density at radius 3 is 2.56 bits per heavy atom. The van der Waals surface area contributed by atoms with Gasteiger partial charge in [-0.3, -0.25) is 23.9 Å². The molecule has 1 aromatic heterocycles.